The van der Waals surface area contributed by atoms with E-state index in [-0.39, 0.29) is 0 Å². The third-order valence-electron chi connectivity index (χ3n) is 13.2. The quantitative estimate of drug-likeness (QED) is 0.173. The van der Waals surface area contributed by atoms with Crippen LogP contribution in [0, 0.1) is 0 Å². The Morgan fingerprint density at radius 3 is 1.56 bits per heavy atom. The lowest BCUT2D eigenvalue weighted by Crippen LogP contribution is -2.25. The van der Waals surface area contributed by atoms with Crippen molar-refractivity contribution in [3.05, 3.63) is 247 Å². The first-order valence-corrected chi connectivity index (χ1v) is 21.2. The lowest BCUT2D eigenvalue weighted by Gasteiger charge is -2.32. The van der Waals surface area contributed by atoms with Crippen molar-refractivity contribution in [2.75, 3.05) is 4.90 Å². The van der Waals surface area contributed by atoms with E-state index in [0.717, 1.165) is 39.5 Å². The van der Waals surface area contributed by atoms with Gasteiger partial charge in [-0.2, -0.15) is 0 Å². The predicted molar refractivity (Wildman–Crippen MR) is 252 cm³/mol. The van der Waals surface area contributed by atoms with E-state index in [2.05, 4.69) is 223 Å². The van der Waals surface area contributed by atoms with Crippen LogP contribution < -0.4 is 14.4 Å². The molecular formula is C59H37NO2. The van der Waals surface area contributed by atoms with Crippen molar-refractivity contribution < 1.29 is 9.47 Å². The molecule has 0 fully saturated rings. The maximum absolute atomic E-state index is 7.16. The van der Waals surface area contributed by atoms with Crippen LogP contribution in [0.25, 0.3) is 55.3 Å². The summed E-state index contributed by atoms with van der Waals surface area (Å²) >= 11 is 0. The molecule has 0 unspecified atom stereocenters. The normalized spacial score (nSPS) is 13.2. The highest BCUT2D eigenvalue weighted by Gasteiger charge is 2.53. The van der Waals surface area contributed by atoms with Gasteiger partial charge >= 0.3 is 0 Å². The van der Waals surface area contributed by atoms with E-state index in [4.69, 9.17) is 9.47 Å². The molecule has 0 radical (unpaired) electrons. The van der Waals surface area contributed by atoms with Crippen molar-refractivity contribution in [2.45, 2.75) is 5.41 Å². The highest BCUT2D eigenvalue weighted by molar-refractivity contribution is 5.99. The Hall–Kier alpha value is -8.14. The standard InChI is InChI=1S/C59H37NO2/c1-2-14-38(15-3-1)39-28-32-42(33-29-39)60(43-34-30-41(31-35-43)45-22-12-17-40-16-4-5-18-44(40)45)53-26-13-27-54-57(53)61-55-37-36-52-56(58(55)62-54)48-21-8-11-25-51(48)59(52)49-23-9-6-19-46(49)47-20-7-10-24-50(47)59/h1-37H. The van der Waals surface area contributed by atoms with Crippen LogP contribution in [0.4, 0.5) is 17.1 Å². The van der Waals surface area contributed by atoms with Crippen LogP contribution in [0.3, 0.4) is 0 Å². The van der Waals surface area contributed by atoms with Crippen LogP contribution in [0.2, 0.25) is 0 Å². The third kappa shape index (κ3) is 4.94. The van der Waals surface area contributed by atoms with E-state index < -0.39 is 5.41 Å². The van der Waals surface area contributed by atoms with E-state index in [9.17, 15) is 0 Å². The number of benzene rings is 10. The van der Waals surface area contributed by atoms with E-state index in [1.807, 2.05) is 6.07 Å². The third-order valence-corrected chi connectivity index (χ3v) is 13.2. The van der Waals surface area contributed by atoms with Crippen molar-refractivity contribution in [3.63, 3.8) is 0 Å². The smallest absolute Gasteiger partial charge is 0.194 e. The van der Waals surface area contributed by atoms with Gasteiger partial charge in [0, 0.05) is 16.9 Å². The number of para-hydroxylation sites is 1. The molecule has 290 valence electrons. The first-order chi connectivity index (χ1) is 30.8. The fourth-order valence-corrected chi connectivity index (χ4v) is 10.5. The molecule has 10 aromatic rings. The average Bonchev–Trinajstić information content (AvgIpc) is 3.82. The molecule has 3 heteroatoms. The second-order valence-electron chi connectivity index (χ2n) is 16.3. The number of rotatable bonds is 5. The van der Waals surface area contributed by atoms with Gasteiger partial charge in [0.1, 0.15) is 0 Å². The molecule has 0 atom stereocenters. The van der Waals surface area contributed by atoms with Crippen LogP contribution >= 0.6 is 0 Å². The molecule has 62 heavy (non-hydrogen) atoms. The Bertz CT molecular complexity index is 3360. The second kappa shape index (κ2) is 13.4. The molecule has 3 aliphatic rings. The number of nitrogens with zero attached hydrogens (tertiary/aromatic N) is 1. The summed E-state index contributed by atoms with van der Waals surface area (Å²) in [5, 5.41) is 2.46. The molecule has 13 rings (SSSR count). The van der Waals surface area contributed by atoms with Crippen molar-refractivity contribution >= 4 is 27.8 Å². The van der Waals surface area contributed by atoms with Gasteiger partial charge < -0.3 is 14.4 Å². The van der Waals surface area contributed by atoms with Gasteiger partial charge in [0.15, 0.2) is 23.0 Å². The fraction of sp³-hybridized carbons (Fsp3) is 0.0169. The van der Waals surface area contributed by atoms with E-state index in [0.29, 0.717) is 17.2 Å². The van der Waals surface area contributed by atoms with Crippen molar-refractivity contribution in [3.8, 4) is 67.5 Å². The molecular weight excluding hydrogens is 755 g/mol. The second-order valence-corrected chi connectivity index (χ2v) is 16.3. The summed E-state index contributed by atoms with van der Waals surface area (Å²) in [6, 6.07) is 80.4. The Kier molecular flexibility index (Phi) is 7.52. The molecule has 0 bridgehead atoms. The first kappa shape index (κ1) is 34.7. The number of ether oxygens (including phenoxy) is 2. The maximum Gasteiger partial charge on any atom is 0.194 e. The van der Waals surface area contributed by atoms with Gasteiger partial charge in [0.05, 0.1) is 11.1 Å². The lowest BCUT2D eigenvalue weighted by atomic mass is 9.70. The molecule has 2 aliphatic carbocycles. The molecule has 0 saturated heterocycles. The molecule has 1 heterocycles. The van der Waals surface area contributed by atoms with Gasteiger partial charge in [-0.3, -0.25) is 0 Å². The number of hydrogen-bond acceptors (Lipinski definition) is 3. The molecule has 3 nitrogen and oxygen atoms in total. The lowest BCUT2D eigenvalue weighted by molar-refractivity contribution is 0.361. The maximum atomic E-state index is 7.16. The van der Waals surface area contributed by atoms with E-state index >= 15 is 0 Å². The van der Waals surface area contributed by atoms with Gasteiger partial charge in [-0.15, -0.1) is 0 Å². The summed E-state index contributed by atoms with van der Waals surface area (Å²) in [6.07, 6.45) is 0. The van der Waals surface area contributed by atoms with E-state index in [1.165, 1.54) is 60.8 Å². The monoisotopic (exact) mass is 791 g/mol. The van der Waals surface area contributed by atoms with Crippen molar-refractivity contribution in [1.29, 1.82) is 0 Å². The highest BCUT2D eigenvalue weighted by Crippen LogP contribution is 2.66. The molecule has 1 aliphatic heterocycles. The number of hydrogen-bond donors (Lipinski definition) is 0. The Morgan fingerprint density at radius 2 is 0.839 bits per heavy atom. The van der Waals surface area contributed by atoms with Crippen molar-refractivity contribution in [1.82, 2.24) is 0 Å². The van der Waals surface area contributed by atoms with Crippen molar-refractivity contribution in [2.24, 2.45) is 0 Å². The zero-order chi connectivity index (χ0) is 40.8. The van der Waals surface area contributed by atoms with Gasteiger partial charge in [-0.25, -0.2) is 0 Å². The van der Waals surface area contributed by atoms with Crippen LogP contribution in [-0.2, 0) is 5.41 Å². The van der Waals surface area contributed by atoms with Crippen LogP contribution in [0.15, 0.2) is 224 Å². The van der Waals surface area contributed by atoms with Gasteiger partial charge in [-0.05, 0) is 114 Å². The number of anilines is 3. The number of fused-ring (bicyclic) bond motifs is 14. The highest BCUT2D eigenvalue weighted by atomic mass is 16.6. The van der Waals surface area contributed by atoms with Crippen LogP contribution in [0.5, 0.6) is 23.0 Å². The topological polar surface area (TPSA) is 21.7 Å². The molecule has 0 saturated carbocycles. The molecule has 0 aromatic heterocycles. The van der Waals surface area contributed by atoms with Gasteiger partial charge in [0.2, 0.25) is 0 Å². The average molecular weight is 792 g/mol. The Morgan fingerprint density at radius 1 is 0.323 bits per heavy atom. The Balaban J connectivity index is 0.954. The Labute approximate surface area is 360 Å². The first-order valence-electron chi connectivity index (χ1n) is 21.2. The zero-order valence-corrected chi connectivity index (χ0v) is 33.6. The predicted octanol–water partition coefficient (Wildman–Crippen LogP) is 15.9. The SMILES string of the molecule is c1ccc(-c2ccc(N(c3ccc(-c4cccc5ccccc45)cc3)c3cccc4c3Oc3ccc5c(c3O4)-c3ccccc3C53c4ccccc4-c4ccccc43)cc2)cc1. The summed E-state index contributed by atoms with van der Waals surface area (Å²) < 4.78 is 14.3. The summed E-state index contributed by atoms with van der Waals surface area (Å²) in [5.41, 5.74) is 17.0. The minimum Gasteiger partial charge on any atom is -0.449 e. The van der Waals surface area contributed by atoms with Crippen LogP contribution in [0.1, 0.15) is 22.3 Å². The molecule has 0 amide bonds. The van der Waals surface area contributed by atoms with E-state index in [1.54, 1.807) is 0 Å². The molecule has 10 aromatic carbocycles. The minimum atomic E-state index is -0.472. The van der Waals surface area contributed by atoms with Gasteiger partial charge in [-0.1, -0.05) is 182 Å². The largest absolute Gasteiger partial charge is 0.449 e. The molecule has 0 N–H and O–H groups in total. The summed E-state index contributed by atoms with van der Waals surface area (Å²) in [7, 11) is 0. The molecule has 1 spiro atoms. The zero-order valence-electron chi connectivity index (χ0n) is 33.6. The fourth-order valence-electron chi connectivity index (χ4n) is 10.5. The minimum absolute atomic E-state index is 0.472. The van der Waals surface area contributed by atoms with Gasteiger partial charge in [0.25, 0.3) is 0 Å². The summed E-state index contributed by atoms with van der Waals surface area (Å²) in [4.78, 5) is 2.28. The van der Waals surface area contributed by atoms with Crippen LogP contribution in [-0.4, -0.2) is 0 Å². The summed E-state index contributed by atoms with van der Waals surface area (Å²) in [6.45, 7) is 0. The summed E-state index contributed by atoms with van der Waals surface area (Å²) in [5.74, 6) is 2.78.